The molecular weight excluding hydrogens is 212 g/mol. The Morgan fingerprint density at radius 1 is 1.19 bits per heavy atom. The molecule has 92 valence electrons. The van der Waals surface area contributed by atoms with E-state index >= 15 is 0 Å². The Hall–Kier alpha value is -1.14. The van der Waals surface area contributed by atoms with Gasteiger partial charge in [-0.15, -0.1) is 0 Å². The van der Waals surface area contributed by atoms with Gasteiger partial charge in [0.25, 0.3) is 0 Å². The summed E-state index contributed by atoms with van der Waals surface area (Å²) < 4.78 is 4.89. The highest BCUT2D eigenvalue weighted by Crippen LogP contribution is 2.52. The lowest BCUT2D eigenvalue weighted by Gasteiger charge is -2.12. The van der Waals surface area contributed by atoms with E-state index in [4.69, 9.17) is 4.74 Å². The van der Waals surface area contributed by atoms with Crippen molar-refractivity contribution in [3.05, 3.63) is 0 Å². The van der Waals surface area contributed by atoms with Crippen LogP contribution in [0.2, 0.25) is 0 Å². The maximum Gasteiger partial charge on any atom is 0.325 e. The second-order valence-electron chi connectivity index (χ2n) is 4.05. The molecule has 1 saturated carbocycles. The van der Waals surface area contributed by atoms with Crippen molar-refractivity contribution in [2.75, 3.05) is 20.8 Å². The van der Waals surface area contributed by atoms with Gasteiger partial charge in [0.2, 0.25) is 0 Å². The number of hydroxylamine groups is 1. The smallest absolute Gasteiger partial charge is 0.325 e. The van der Waals surface area contributed by atoms with Crippen LogP contribution in [0.5, 0.6) is 0 Å². The first kappa shape index (κ1) is 12.9. The topological polar surface area (TPSA) is 76.7 Å². The van der Waals surface area contributed by atoms with Crippen LogP contribution in [0.3, 0.4) is 0 Å². The first-order chi connectivity index (χ1) is 7.62. The van der Waals surface area contributed by atoms with Crippen LogP contribution in [-0.4, -0.2) is 32.8 Å². The van der Waals surface area contributed by atoms with Gasteiger partial charge in [0, 0.05) is 7.05 Å². The number of nitrogens with one attached hydrogen (secondary N) is 2. The van der Waals surface area contributed by atoms with Gasteiger partial charge in [-0.05, 0) is 25.3 Å². The number of hydrogen-bond acceptors (Lipinski definition) is 6. The molecule has 6 nitrogen and oxygen atoms in total. The summed E-state index contributed by atoms with van der Waals surface area (Å²) in [5.41, 5.74) is 2.11. The van der Waals surface area contributed by atoms with Crippen molar-refractivity contribution < 1.29 is 19.2 Å². The fourth-order valence-electron chi connectivity index (χ4n) is 1.56. The summed E-state index contributed by atoms with van der Waals surface area (Å²) in [4.78, 5) is 27.2. The van der Waals surface area contributed by atoms with E-state index in [1.54, 1.807) is 7.05 Å². The Balaban J connectivity index is 2.29. The molecule has 0 radical (unpaired) electrons. The molecule has 0 saturated heterocycles. The van der Waals surface area contributed by atoms with Crippen molar-refractivity contribution in [3.8, 4) is 0 Å². The van der Waals surface area contributed by atoms with Crippen molar-refractivity contribution in [1.82, 2.24) is 10.8 Å². The van der Waals surface area contributed by atoms with Crippen LogP contribution in [0.1, 0.15) is 25.7 Å². The monoisotopic (exact) mass is 230 g/mol. The summed E-state index contributed by atoms with van der Waals surface area (Å²) in [6.07, 6.45) is 2.30. The minimum Gasteiger partial charge on any atom is -0.450 e. The maximum absolute atomic E-state index is 11.4. The van der Waals surface area contributed by atoms with E-state index in [1.165, 1.54) is 7.05 Å². The summed E-state index contributed by atoms with van der Waals surface area (Å²) in [6.45, 7) is 0.204. The Morgan fingerprint density at radius 2 is 1.81 bits per heavy atom. The van der Waals surface area contributed by atoms with Crippen LogP contribution in [0, 0.1) is 5.41 Å². The van der Waals surface area contributed by atoms with Gasteiger partial charge in [-0.3, -0.25) is 14.9 Å². The molecule has 0 amide bonds. The first-order valence-corrected chi connectivity index (χ1v) is 5.28. The second kappa shape index (κ2) is 5.81. The molecule has 1 fully saturated rings. The van der Waals surface area contributed by atoms with Gasteiger partial charge in [-0.1, -0.05) is 0 Å². The highest BCUT2D eigenvalue weighted by atomic mass is 16.7. The van der Waals surface area contributed by atoms with E-state index in [1.807, 2.05) is 0 Å². The van der Waals surface area contributed by atoms with Gasteiger partial charge in [0.15, 0.2) is 0 Å². The molecule has 0 aromatic heterocycles. The minimum atomic E-state index is -0.332. The molecule has 16 heavy (non-hydrogen) atoms. The maximum atomic E-state index is 11.4. The fourth-order valence-corrected chi connectivity index (χ4v) is 1.56. The molecule has 0 bridgehead atoms. The van der Waals surface area contributed by atoms with Crippen molar-refractivity contribution in [2.45, 2.75) is 25.7 Å². The normalized spacial score (nSPS) is 16.6. The number of rotatable bonds is 7. The third-order valence-electron chi connectivity index (χ3n) is 2.59. The Bertz CT molecular complexity index is 264. The lowest BCUT2D eigenvalue weighted by Crippen LogP contribution is -2.23. The van der Waals surface area contributed by atoms with E-state index < -0.39 is 0 Å². The second-order valence-corrected chi connectivity index (χ2v) is 4.05. The van der Waals surface area contributed by atoms with Crippen molar-refractivity contribution in [2.24, 2.45) is 5.41 Å². The molecule has 0 aliphatic heterocycles. The molecule has 2 N–H and O–H groups in total. The zero-order chi connectivity index (χ0) is 12.0. The average molecular weight is 230 g/mol. The fraction of sp³-hybridized carbons (Fsp3) is 0.800. The van der Waals surface area contributed by atoms with E-state index in [2.05, 4.69) is 15.6 Å². The summed E-state index contributed by atoms with van der Waals surface area (Å²) in [5, 5.41) is 2.72. The zero-order valence-corrected chi connectivity index (χ0v) is 9.67. The molecule has 1 rings (SSSR count). The van der Waals surface area contributed by atoms with Crippen LogP contribution in [-0.2, 0) is 19.2 Å². The third-order valence-corrected chi connectivity index (χ3v) is 2.59. The van der Waals surface area contributed by atoms with Crippen LogP contribution >= 0.6 is 0 Å². The lowest BCUT2D eigenvalue weighted by molar-refractivity contribution is -0.152. The van der Waals surface area contributed by atoms with Crippen molar-refractivity contribution >= 4 is 11.9 Å². The quantitative estimate of drug-likeness (QED) is 0.362. The Labute approximate surface area is 94.6 Å². The largest absolute Gasteiger partial charge is 0.450 e. The van der Waals surface area contributed by atoms with E-state index in [0.717, 1.165) is 12.8 Å². The van der Waals surface area contributed by atoms with Crippen LogP contribution in [0.15, 0.2) is 0 Å². The van der Waals surface area contributed by atoms with Crippen LogP contribution in [0.4, 0.5) is 0 Å². The number of carbonyl (C=O) groups is 2. The molecule has 0 unspecified atom stereocenters. The van der Waals surface area contributed by atoms with Gasteiger partial charge >= 0.3 is 11.9 Å². The third kappa shape index (κ3) is 4.16. The summed E-state index contributed by atoms with van der Waals surface area (Å²) >= 11 is 0. The lowest BCUT2D eigenvalue weighted by atomic mass is 9.98. The summed E-state index contributed by atoms with van der Waals surface area (Å²) in [6, 6.07) is 0. The molecule has 6 heteroatoms. The summed E-state index contributed by atoms with van der Waals surface area (Å²) in [7, 11) is 3.23. The van der Waals surface area contributed by atoms with E-state index in [9.17, 15) is 9.59 Å². The standard InChI is InChI=1S/C10H18N2O4/c1-11-7-15-8(13)5-10(3-4-10)6-9(14)16-12-2/h11-12H,3-7H2,1-2H3. The predicted octanol–water partition coefficient (Wildman–Crippen LogP) is -0.0555. The number of esters is 1. The minimum absolute atomic E-state index is 0.204. The van der Waals surface area contributed by atoms with Crippen molar-refractivity contribution in [1.29, 1.82) is 0 Å². The molecule has 0 aromatic carbocycles. The van der Waals surface area contributed by atoms with Gasteiger partial charge in [-0.2, -0.15) is 5.48 Å². The number of hydrogen-bond donors (Lipinski definition) is 2. The van der Waals surface area contributed by atoms with Crippen LogP contribution in [0.25, 0.3) is 0 Å². The highest BCUT2D eigenvalue weighted by molar-refractivity contribution is 5.75. The zero-order valence-electron chi connectivity index (χ0n) is 9.67. The number of carbonyl (C=O) groups excluding carboxylic acids is 2. The number of ether oxygens (including phenoxy) is 1. The highest BCUT2D eigenvalue weighted by Gasteiger charge is 2.46. The molecule has 0 atom stereocenters. The SMILES string of the molecule is CNCOC(=O)CC1(CC(=O)ONC)CC1. The summed E-state index contributed by atoms with van der Waals surface area (Å²) in [5.74, 6) is -0.606. The van der Waals surface area contributed by atoms with Crippen LogP contribution < -0.4 is 10.8 Å². The van der Waals surface area contributed by atoms with Gasteiger partial charge in [0.1, 0.15) is 6.73 Å². The predicted molar refractivity (Wildman–Crippen MR) is 56.1 cm³/mol. The van der Waals surface area contributed by atoms with Crippen molar-refractivity contribution in [3.63, 3.8) is 0 Å². The van der Waals surface area contributed by atoms with E-state index in [0.29, 0.717) is 0 Å². The first-order valence-electron chi connectivity index (χ1n) is 5.28. The molecule has 1 aliphatic carbocycles. The molecule has 1 aliphatic rings. The molecule has 0 aromatic rings. The Kier molecular flexibility index (Phi) is 4.70. The molecule has 0 heterocycles. The van der Waals surface area contributed by atoms with Gasteiger partial charge < -0.3 is 9.57 Å². The average Bonchev–Trinajstić information content (AvgIpc) is 2.95. The van der Waals surface area contributed by atoms with Gasteiger partial charge in [-0.25, -0.2) is 0 Å². The molecule has 0 spiro atoms. The molecular formula is C10H18N2O4. The van der Waals surface area contributed by atoms with Gasteiger partial charge in [0.05, 0.1) is 12.8 Å². The Morgan fingerprint density at radius 3 is 2.31 bits per heavy atom. The van der Waals surface area contributed by atoms with E-state index in [-0.39, 0.29) is 36.9 Å².